The van der Waals surface area contributed by atoms with Gasteiger partial charge in [0.1, 0.15) is 0 Å². The summed E-state index contributed by atoms with van der Waals surface area (Å²) in [4.78, 5) is 23.7. The molecule has 3 aliphatic rings. The minimum absolute atomic E-state index is 0. The van der Waals surface area contributed by atoms with Crippen molar-refractivity contribution in [2.75, 3.05) is 63.9 Å². The zero-order valence-electron chi connectivity index (χ0n) is 14.6. The van der Waals surface area contributed by atoms with Crippen LogP contribution >= 0.6 is 35.7 Å². The third-order valence-electron chi connectivity index (χ3n) is 4.66. The minimum Gasteiger partial charge on any atom is -0.357 e. The number of piperazine rings is 1. The number of thioether (sulfide) groups is 1. The van der Waals surface area contributed by atoms with E-state index in [1.54, 1.807) is 0 Å². The molecule has 2 heterocycles. The second-order valence-corrected chi connectivity index (χ2v) is 7.65. The Morgan fingerprint density at radius 2 is 2.00 bits per heavy atom. The smallest absolute Gasteiger partial charge is 0.242 e. The molecule has 0 spiro atoms. The Hall–Kier alpha value is -0.220. The fraction of sp³-hybridized carbons (Fsp3) is 0.875. The molecule has 1 N–H and O–H groups in total. The van der Waals surface area contributed by atoms with Crippen LogP contribution in [0.1, 0.15) is 19.8 Å². The summed E-state index contributed by atoms with van der Waals surface area (Å²) in [6.07, 6.45) is 2.38. The number of rotatable bonds is 5. The molecule has 138 valence electrons. The monoisotopic (exact) mass is 467 g/mol. The third kappa shape index (κ3) is 5.66. The van der Waals surface area contributed by atoms with Crippen LogP contribution in [0, 0.1) is 0 Å². The molecule has 3 fully saturated rings. The number of amides is 1. The van der Waals surface area contributed by atoms with Gasteiger partial charge in [-0.3, -0.25) is 14.7 Å². The van der Waals surface area contributed by atoms with Crippen LogP contribution in [-0.4, -0.2) is 96.5 Å². The number of hydrogen-bond acceptors (Lipinski definition) is 4. The van der Waals surface area contributed by atoms with Crippen molar-refractivity contribution in [2.24, 2.45) is 4.99 Å². The van der Waals surface area contributed by atoms with Crippen LogP contribution in [0.2, 0.25) is 0 Å². The van der Waals surface area contributed by atoms with Gasteiger partial charge in [0.05, 0.1) is 13.1 Å². The maximum absolute atomic E-state index is 12.3. The summed E-state index contributed by atoms with van der Waals surface area (Å²) >= 11 is 2.04. The highest BCUT2D eigenvalue weighted by Crippen LogP contribution is 2.28. The quantitative estimate of drug-likeness (QED) is 0.371. The van der Waals surface area contributed by atoms with Crippen LogP contribution in [0.3, 0.4) is 0 Å². The van der Waals surface area contributed by atoms with Gasteiger partial charge in [0.25, 0.3) is 0 Å². The first-order valence-electron chi connectivity index (χ1n) is 8.90. The summed E-state index contributed by atoms with van der Waals surface area (Å²) in [5.41, 5.74) is 0. The van der Waals surface area contributed by atoms with Crippen molar-refractivity contribution >= 4 is 47.6 Å². The van der Waals surface area contributed by atoms with Crippen LogP contribution in [0.4, 0.5) is 0 Å². The molecule has 0 radical (unpaired) electrons. The van der Waals surface area contributed by atoms with E-state index in [1.807, 2.05) is 11.8 Å². The predicted molar refractivity (Wildman–Crippen MR) is 111 cm³/mol. The molecule has 6 nitrogen and oxygen atoms in total. The summed E-state index contributed by atoms with van der Waals surface area (Å²) < 4.78 is 0. The van der Waals surface area contributed by atoms with Gasteiger partial charge in [0.2, 0.25) is 5.91 Å². The highest BCUT2D eigenvalue weighted by molar-refractivity contribution is 14.0. The van der Waals surface area contributed by atoms with Crippen molar-refractivity contribution in [1.82, 2.24) is 20.0 Å². The molecule has 1 saturated carbocycles. The van der Waals surface area contributed by atoms with Gasteiger partial charge in [-0.2, -0.15) is 11.8 Å². The fourth-order valence-electron chi connectivity index (χ4n) is 3.19. The van der Waals surface area contributed by atoms with E-state index < -0.39 is 0 Å². The Balaban J connectivity index is 0.00000208. The normalized spacial score (nSPS) is 23.2. The number of carbonyl (C=O) groups is 1. The topological polar surface area (TPSA) is 51.2 Å². The number of halogens is 1. The van der Waals surface area contributed by atoms with Gasteiger partial charge in [-0.1, -0.05) is 0 Å². The minimum atomic E-state index is 0. The van der Waals surface area contributed by atoms with Crippen molar-refractivity contribution in [3.05, 3.63) is 0 Å². The molecule has 0 aromatic rings. The predicted octanol–water partition coefficient (Wildman–Crippen LogP) is 0.925. The fourth-order valence-corrected chi connectivity index (χ4v) is 4.17. The lowest BCUT2D eigenvalue weighted by Gasteiger charge is -2.36. The molecule has 0 unspecified atom stereocenters. The average Bonchev–Trinajstić information content (AvgIpc) is 3.40. The van der Waals surface area contributed by atoms with E-state index >= 15 is 0 Å². The molecule has 2 saturated heterocycles. The van der Waals surface area contributed by atoms with Crippen molar-refractivity contribution in [1.29, 1.82) is 0 Å². The molecule has 3 rings (SSSR count). The van der Waals surface area contributed by atoms with Gasteiger partial charge in [0.15, 0.2) is 5.96 Å². The lowest BCUT2D eigenvalue weighted by molar-refractivity contribution is -0.135. The summed E-state index contributed by atoms with van der Waals surface area (Å²) in [6, 6.07) is 0.529. The summed E-state index contributed by atoms with van der Waals surface area (Å²) in [6.45, 7) is 9.32. The third-order valence-corrected chi connectivity index (χ3v) is 5.60. The lowest BCUT2D eigenvalue weighted by atomic mass is 10.3. The van der Waals surface area contributed by atoms with E-state index in [1.165, 1.54) is 37.4 Å². The number of carbonyl (C=O) groups excluding carboxylic acids is 1. The Bertz CT molecular complexity index is 440. The van der Waals surface area contributed by atoms with E-state index in [-0.39, 0.29) is 29.9 Å². The average molecular weight is 467 g/mol. The highest BCUT2D eigenvalue weighted by atomic mass is 127. The molecule has 0 aromatic carbocycles. The molecule has 8 heteroatoms. The highest BCUT2D eigenvalue weighted by Gasteiger charge is 2.36. The summed E-state index contributed by atoms with van der Waals surface area (Å²) in [5, 5.41) is 3.35. The zero-order chi connectivity index (χ0) is 16.1. The van der Waals surface area contributed by atoms with E-state index in [0.29, 0.717) is 12.6 Å². The summed E-state index contributed by atoms with van der Waals surface area (Å²) in [5.74, 6) is 3.64. The zero-order valence-corrected chi connectivity index (χ0v) is 17.7. The van der Waals surface area contributed by atoms with Gasteiger partial charge in [0, 0.05) is 56.8 Å². The largest absolute Gasteiger partial charge is 0.357 e. The SMILES string of the molecule is CCNC(=NCCN1CCSCC1)N1CCN(C2CC2)C(=O)C1.I. The molecule has 0 atom stereocenters. The second-order valence-electron chi connectivity index (χ2n) is 6.43. The molecule has 1 aliphatic carbocycles. The van der Waals surface area contributed by atoms with Gasteiger partial charge in [-0.05, 0) is 19.8 Å². The maximum atomic E-state index is 12.3. The molecular weight excluding hydrogens is 437 g/mol. The number of hydrogen-bond donors (Lipinski definition) is 1. The molecular formula is C16H30IN5OS. The van der Waals surface area contributed by atoms with Crippen molar-refractivity contribution in [3.63, 3.8) is 0 Å². The van der Waals surface area contributed by atoms with E-state index in [4.69, 9.17) is 4.99 Å². The summed E-state index contributed by atoms with van der Waals surface area (Å²) in [7, 11) is 0. The van der Waals surface area contributed by atoms with Crippen LogP contribution in [0.25, 0.3) is 0 Å². The Morgan fingerprint density at radius 3 is 2.62 bits per heavy atom. The van der Waals surface area contributed by atoms with Gasteiger partial charge >= 0.3 is 0 Å². The molecule has 0 bridgehead atoms. The van der Waals surface area contributed by atoms with E-state index in [9.17, 15) is 4.79 Å². The lowest BCUT2D eigenvalue weighted by Crippen LogP contribution is -2.55. The maximum Gasteiger partial charge on any atom is 0.242 e. The number of nitrogens with zero attached hydrogens (tertiary/aromatic N) is 4. The van der Waals surface area contributed by atoms with Crippen LogP contribution in [0.15, 0.2) is 4.99 Å². The standard InChI is InChI=1S/C16H29N5OS.HI/c1-2-17-16(18-5-6-19-9-11-23-12-10-19)20-7-8-21(14-3-4-14)15(22)13-20;/h14H,2-13H2,1H3,(H,17,18);1H. The molecule has 0 aromatic heterocycles. The van der Waals surface area contributed by atoms with E-state index in [0.717, 1.165) is 38.7 Å². The van der Waals surface area contributed by atoms with Crippen molar-refractivity contribution in [3.8, 4) is 0 Å². The first-order chi connectivity index (χ1) is 11.3. The van der Waals surface area contributed by atoms with Crippen molar-refractivity contribution in [2.45, 2.75) is 25.8 Å². The van der Waals surface area contributed by atoms with Crippen LogP contribution in [-0.2, 0) is 4.79 Å². The van der Waals surface area contributed by atoms with Crippen molar-refractivity contribution < 1.29 is 4.79 Å². The van der Waals surface area contributed by atoms with Gasteiger partial charge in [-0.25, -0.2) is 0 Å². The molecule has 24 heavy (non-hydrogen) atoms. The second kappa shape index (κ2) is 10.1. The molecule has 1 amide bonds. The first-order valence-corrected chi connectivity index (χ1v) is 10.1. The van der Waals surface area contributed by atoms with Gasteiger partial charge in [-0.15, -0.1) is 24.0 Å². The Labute approximate surface area is 166 Å². The Morgan fingerprint density at radius 1 is 1.25 bits per heavy atom. The van der Waals surface area contributed by atoms with Gasteiger partial charge < -0.3 is 15.1 Å². The number of guanidine groups is 1. The number of aliphatic imine (C=N–C) groups is 1. The van der Waals surface area contributed by atoms with E-state index in [2.05, 4.69) is 26.9 Å². The molecule has 2 aliphatic heterocycles. The van der Waals surface area contributed by atoms with Crippen LogP contribution in [0.5, 0.6) is 0 Å². The van der Waals surface area contributed by atoms with Crippen LogP contribution < -0.4 is 5.32 Å². The first kappa shape index (κ1) is 20.1. The Kier molecular flexibility index (Phi) is 8.42. The number of nitrogens with one attached hydrogen (secondary N) is 1.